The summed E-state index contributed by atoms with van der Waals surface area (Å²) in [5.74, 6) is -9.41. The second-order valence-corrected chi connectivity index (χ2v) is 5.15. The van der Waals surface area contributed by atoms with Crippen LogP contribution in [0.4, 0.5) is 22.0 Å². The first-order chi connectivity index (χ1) is 10.5. The van der Waals surface area contributed by atoms with Crippen LogP contribution in [0.5, 0.6) is 0 Å². The minimum atomic E-state index is -2.12. The normalized spacial score (nSPS) is 17.5. The zero-order valence-corrected chi connectivity index (χ0v) is 11.9. The zero-order valence-electron chi connectivity index (χ0n) is 11.9. The molecule has 0 amide bonds. The molecule has 0 bridgehead atoms. The van der Waals surface area contributed by atoms with Crippen molar-refractivity contribution in [3.05, 3.63) is 47.3 Å². The fourth-order valence-corrected chi connectivity index (χ4v) is 2.69. The molecule has 0 saturated carbocycles. The summed E-state index contributed by atoms with van der Waals surface area (Å²) in [6.07, 6.45) is 2.21. The molecule has 0 aliphatic carbocycles. The Hall–Kier alpha value is -1.47. The first kappa shape index (κ1) is 16.9. The number of nitrogens with one attached hydrogen (secondary N) is 1. The average molecular weight is 320 g/mol. The number of hydrogen-bond donors (Lipinski definition) is 1. The predicted octanol–water partition coefficient (Wildman–Crippen LogP) is 3.29. The number of benzene rings is 1. The molecule has 1 atom stereocenters. The molecule has 1 aromatic carbocycles. The molecule has 0 spiro atoms. The van der Waals surface area contributed by atoms with E-state index in [1.165, 1.54) is 0 Å². The van der Waals surface area contributed by atoms with E-state index >= 15 is 0 Å². The zero-order chi connectivity index (χ0) is 16.3. The highest BCUT2D eigenvalue weighted by atomic mass is 19.2. The Kier molecular flexibility index (Phi) is 5.52. The van der Waals surface area contributed by atoms with E-state index in [0.717, 1.165) is 0 Å². The van der Waals surface area contributed by atoms with Crippen molar-refractivity contribution >= 4 is 0 Å². The van der Waals surface area contributed by atoms with Crippen molar-refractivity contribution in [1.29, 1.82) is 0 Å². The summed E-state index contributed by atoms with van der Waals surface area (Å²) in [7, 11) is 0. The molecule has 0 unspecified atom stereocenters. The SMILES string of the molecule is C=CCC[C@H](c1c(F)c(F)c(F)c(F)c1F)N1CCNCC1. The van der Waals surface area contributed by atoms with Gasteiger partial charge in [-0.3, -0.25) is 4.90 Å². The number of nitrogens with zero attached hydrogens (tertiary/aromatic N) is 1. The van der Waals surface area contributed by atoms with Gasteiger partial charge in [0.1, 0.15) is 0 Å². The molecule has 2 nitrogen and oxygen atoms in total. The molecule has 1 aliphatic heterocycles. The third kappa shape index (κ3) is 3.15. The van der Waals surface area contributed by atoms with Crippen LogP contribution in [-0.2, 0) is 0 Å². The molecule has 22 heavy (non-hydrogen) atoms. The van der Waals surface area contributed by atoms with Crippen LogP contribution in [-0.4, -0.2) is 31.1 Å². The average Bonchev–Trinajstić information content (AvgIpc) is 2.55. The lowest BCUT2D eigenvalue weighted by atomic mass is 9.97. The van der Waals surface area contributed by atoms with Gasteiger partial charge in [-0.15, -0.1) is 6.58 Å². The van der Waals surface area contributed by atoms with Crippen molar-refractivity contribution in [2.75, 3.05) is 26.2 Å². The number of rotatable bonds is 5. The van der Waals surface area contributed by atoms with Crippen molar-refractivity contribution in [3.8, 4) is 0 Å². The molecular weight excluding hydrogens is 303 g/mol. The molecule has 0 radical (unpaired) electrons. The van der Waals surface area contributed by atoms with Crippen LogP contribution in [0, 0.1) is 29.1 Å². The largest absolute Gasteiger partial charge is 0.314 e. The Morgan fingerprint density at radius 2 is 1.45 bits per heavy atom. The summed E-state index contributed by atoms with van der Waals surface area (Å²) in [6.45, 7) is 5.68. The van der Waals surface area contributed by atoms with Crippen molar-refractivity contribution < 1.29 is 22.0 Å². The smallest absolute Gasteiger partial charge is 0.200 e. The Bertz CT molecular complexity index is 526. The van der Waals surface area contributed by atoms with Crippen molar-refractivity contribution in [2.45, 2.75) is 18.9 Å². The highest BCUT2D eigenvalue weighted by Gasteiger charge is 2.33. The summed E-state index contributed by atoms with van der Waals surface area (Å²) in [4.78, 5) is 1.73. The quantitative estimate of drug-likeness (QED) is 0.388. The molecule has 1 N–H and O–H groups in total. The van der Waals surface area contributed by atoms with Gasteiger partial charge in [-0.1, -0.05) is 6.08 Å². The molecule has 1 aromatic rings. The van der Waals surface area contributed by atoms with E-state index in [0.29, 0.717) is 32.6 Å². The molecule has 7 heteroatoms. The molecular formula is C15H17F5N2. The summed E-state index contributed by atoms with van der Waals surface area (Å²) < 4.78 is 68.2. The summed E-state index contributed by atoms with van der Waals surface area (Å²) in [5, 5.41) is 3.08. The van der Waals surface area contributed by atoms with E-state index in [4.69, 9.17) is 0 Å². The molecule has 0 aromatic heterocycles. The van der Waals surface area contributed by atoms with E-state index in [1.807, 2.05) is 0 Å². The number of hydrogen-bond acceptors (Lipinski definition) is 2. The first-order valence-electron chi connectivity index (χ1n) is 7.06. The maximum absolute atomic E-state index is 14.0. The fraction of sp³-hybridized carbons (Fsp3) is 0.467. The van der Waals surface area contributed by atoms with Crippen LogP contribution >= 0.6 is 0 Å². The van der Waals surface area contributed by atoms with Gasteiger partial charge in [0.25, 0.3) is 0 Å². The standard InChI is InChI=1S/C15H17F5N2/c1-2-3-4-9(22-7-5-21-6-8-22)10-11(16)13(18)15(20)14(19)12(10)17/h2,9,21H,1,3-8H2/t9-/m1/s1. The van der Waals surface area contributed by atoms with Crippen molar-refractivity contribution in [3.63, 3.8) is 0 Å². The third-order valence-corrected chi connectivity index (χ3v) is 3.81. The van der Waals surface area contributed by atoms with Crippen LogP contribution in [0.15, 0.2) is 12.7 Å². The predicted molar refractivity (Wildman–Crippen MR) is 72.8 cm³/mol. The third-order valence-electron chi connectivity index (χ3n) is 3.81. The molecule has 1 saturated heterocycles. The highest BCUT2D eigenvalue weighted by molar-refractivity contribution is 5.27. The minimum Gasteiger partial charge on any atom is -0.314 e. The van der Waals surface area contributed by atoms with Crippen molar-refractivity contribution in [1.82, 2.24) is 10.2 Å². The molecule has 1 aliphatic rings. The van der Waals surface area contributed by atoms with Gasteiger partial charge in [-0.05, 0) is 12.8 Å². The molecule has 1 heterocycles. The summed E-state index contributed by atoms with van der Waals surface area (Å²) in [5.41, 5.74) is -0.750. The van der Waals surface area contributed by atoms with E-state index in [-0.39, 0.29) is 6.42 Å². The monoisotopic (exact) mass is 320 g/mol. The van der Waals surface area contributed by atoms with E-state index in [2.05, 4.69) is 11.9 Å². The van der Waals surface area contributed by atoms with E-state index in [9.17, 15) is 22.0 Å². The van der Waals surface area contributed by atoms with Crippen LogP contribution in [0.3, 0.4) is 0 Å². The van der Waals surface area contributed by atoms with Crippen LogP contribution in [0.1, 0.15) is 24.4 Å². The maximum atomic E-state index is 14.0. The second kappa shape index (κ2) is 7.19. The topological polar surface area (TPSA) is 15.3 Å². The summed E-state index contributed by atoms with van der Waals surface area (Å²) in [6, 6.07) is -0.871. The van der Waals surface area contributed by atoms with Crippen molar-refractivity contribution in [2.24, 2.45) is 0 Å². The Balaban J connectivity index is 2.48. The summed E-state index contributed by atoms with van der Waals surface area (Å²) >= 11 is 0. The van der Waals surface area contributed by atoms with Crippen LogP contribution in [0.25, 0.3) is 0 Å². The Morgan fingerprint density at radius 3 is 1.95 bits per heavy atom. The lowest BCUT2D eigenvalue weighted by molar-refractivity contribution is 0.156. The van der Waals surface area contributed by atoms with Gasteiger partial charge in [-0.25, -0.2) is 22.0 Å². The van der Waals surface area contributed by atoms with Crippen LogP contribution in [0.2, 0.25) is 0 Å². The minimum absolute atomic E-state index is 0.238. The maximum Gasteiger partial charge on any atom is 0.200 e. The highest BCUT2D eigenvalue weighted by Crippen LogP contribution is 2.34. The lowest BCUT2D eigenvalue weighted by Gasteiger charge is -2.35. The Morgan fingerprint density at radius 1 is 0.955 bits per heavy atom. The molecule has 122 valence electrons. The lowest BCUT2D eigenvalue weighted by Crippen LogP contribution is -2.45. The molecule has 2 rings (SSSR count). The first-order valence-corrected chi connectivity index (χ1v) is 7.06. The van der Waals surface area contributed by atoms with Gasteiger partial charge in [-0.2, -0.15) is 0 Å². The van der Waals surface area contributed by atoms with Crippen LogP contribution < -0.4 is 5.32 Å². The molecule has 1 fully saturated rings. The van der Waals surface area contributed by atoms with E-state index in [1.54, 1.807) is 11.0 Å². The van der Waals surface area contributed by atoms with Gasteiger partial charge < -0.3 is 5.32 Å². The van der Waals surface area contributed by atoms with Gasteiger partial charge >= 0.3 is 0 Å². The van der Waals surface area contributed by atoms with Gasteiger partial charge in [0.15, 0.2) is 23.3 Å². The number of allylic oxidation sites excluding steroid dienone is 1. The Labute approximate surface area is 125 Å². The fourth-order valence-electron chi connectivity index (χ4n) is 2.69. The number of halogens is 5. The van der Waals surface area contributed by atoms with E-state index < -0.39 is 40.7 Å². The second-order valence-electron chi connectivity index (χ2n) is 5.15. The number of piperazine rings is 1. The van der Waals surface area contributed by atoms with Gasteiger partial charge in [0.05, 0.1) is 0 Å². The van der Waals surface area contributed by atoms with Gasteiger partial charge in [0.2, 0.25) is 5.82 Å². The van der Waals surface area contributed by atoms with Gasteiger partial charge in [0, 0.05) is 37.8 Å².